The Balaban J connectivity index is 1.71. The first-order valence-electron chi connectivity index (χ1n) is 11.2. The lowest BCUT2D eigenvalue weighted by Crippen LogP contribution is -2.10. The van der Waals surface area contributed by atoms with Gasteiger partial charge in [-0.05, 0) is 40.8 Å². The van der Waals surface area contributed by atoms with Crippen molar-refractivity contribution in [3.63, 3.8) is 0 Å². The predicted octanol–water partition coefficient (Wildman–Crippen LogP) is 5.18. The van der Waals surface area contributed by atoms with Gasteiger partial charge in [0.15, 0.2) is 5.65 Å². The van der Waals surface area contributed by atoms with Crippen molar-refractivity contribution in [2.45, 2.75) is 36.0 Å². The molecule has 5 rings (SSSR count). The predicted molar refractivity (Wildman–Crippen MR) is 139 cm³/mol. The minimum Gasteiger partial charge on any atom is -0.382 e. The quantitative estimate of drug-likeness (QED) is 0.355. The second-order valence-corrected chi connectivity index (χ2v) is 11.2. The molecule has 3 aromatic carbocycles. The van der Waals surface area contributed by atoms with Gasteiger partial charge in [0, 0.05) is 0 Å². The smallest absolute Gasteiger partial charge is 0.212 e. The van der Waals surface area contributed by atoms with Crippen LogP contribution in [0.25, 0.3) is 22.2 Å². The van der Waals surface area contributed by atoms with Crippen LogP contribution in [-0.4, -0.2) is 29.3 Å². The molecule has 2 aromatic heterocycles. The van der Waals surface area contributed by atoms with Gasteiger partial charge in [0.05, 0.1) is 22.1 Å². The van der Waals surface area contributed by atoms with Crippen molar-refractivity contribution in [2.24, 2.45) is 5.10 Å². The van der Waals surface area contributed by atoms with E-state index in [9.17, 15) is 8.42 Å². The molecule has 0 aliphatic heterocycles. The lowest BCUT2D eigenvalue weighted by molar-refractivity contribution is 0.590. The van der Waals surface area contributed by atoms with E-state index >= 15 is 0 Å². The van der Waals surface area contributed by atoms with E-state index in [1.54, 1.807) is 30.5 Å². The number of para-hydroxylation sites is 2. The number of hydrogen-bond acceptors (Lipinski definition) is 6. The number of fused-ring (bicyclic) bond motifs is 2. The standard InChI is InChI=1S/C27H25N5O2S/c1-27(2,3)19-15-13-18(14-16-19)17-29-32-25(28)24(35(33,34)20-9-5-4-6-10-20)23-26(32)31-22-12-8-7-11-21(22)30-23/h4-17H,28H2,1-3H3/b29-17-. The maximum absolute atomic E-state index is 13.6. The number of nitrogen functional groups attached to an aromatic ring is 1. The van der Waals surface area contributed by atoms with Gasteiger partial charge < -0.3 is 5.73 Å². The number of hydrogen-bond donors (Lipinski definition) is 1. The minimum atomic E-state index is -3.97. The van der Waals surface area contributed by atoms with Crippen LogP contribution in [0.2, 0.25) is 0 Å². The monoisotopic (exact) mass is 483 g/mol. The van der Waals surface area contributed by atoms with Crippen LogP contribution in [0.1, 0.15) is 31.9 Å². The first-order valence-corrected chi connectivity index (χ1v) is 12.7. The Morgan fingerprint density at radius 1 is 0.857 bits per heavy atom. The molecule has 2 heterocycles. The van der Waals surface area contributed by atoms with Crippen LogP contribution >= 0.6 is 0 Å². The molecular weight excluding hydrogens is 458 g/mol. The number of rotatable bonds is 4. The average molecular weight is 484 g/mol. The van der Waals surface area contributed by atoms with Crippen molar-refractivity contribution in [3.8, 4) is 0 Å². The SMILES string of the molecule is CC(C)(C)c1ccc(/C=N\n2c(N)c(S(=O)(=O)c3ccccc3)c3nc4ccccc4nc32)cc1. The molecule has 0 saturated carbocycles. The summed E-state index contributed by atoms with van der Waals surface area (Å²) in [6, 6.07) is 23.5. The van der Waals surface area contributed by atoms with E-state index in [0.717, 1.165) is 5.56 Å². The third-order valence-electron chi connectivity index (χ3n) is 5.85. The van der Waals surface area contributed by atoms with Crippen molar-refractivity contribution in [1.82, 2.24) is 14.6 Å². The molecular formula is C27H25N5O2S. The Labute approximate surface area is 203 Å². The normalized spacial score (nSPS) is 12.7. The Morgan fingerprint density at radius 3 is 2.09 bits per heavy atom. The number of anilines is 1. The van der Waals surface area contributed by atoms with Gasteiger partial charge in [-0.1, -0.05) is 75.4 Å². The fourth-order valence-corrected chi connectivity index (χ4v) is 5.42. The maximum Gasteiger partial charge on any atom is 0.212 e. The molecule has 0 aliphatic carbocycles. The minimum absolute atomic E-state index is 0.0358. The number of nitrogens with zero attached hydrogens (tertiary/aromatic N) is 4. The van der Waals surface area contributed by atoms with Crippen LogP contribution in [-0.2, 0) is 15.3 Å². The zero-order chi connectivity index (χ0) is 24.8. The Bertz CT molecular complexity index is 1680. The molecule has 0 saturated heterocycles. The molecule has 5 aromatic rings. The lowest BCUT2D eigenvalue weighted by atomic mass is 9.87. The van der Waals surface area contributed by atoms with Crippen LogP contribution in [0.15, 0.2) is 93.8 Å². The Kier molecular flexibility index (Phi) is 5.40. The first-order chi connectivity index (χ1) is 16.7. The van der Waals surface area contributed by atoms with Crippen molar-refractivity contribution in [2.75, 3.05) is 5.73 Å². The summed E-state index contributed by atoms with van der Waals surface area (Å²) in [6.07, 6.45) is 1.64. The number of aromatic nitrogens is 3. The van der Waals surface area contributed by atoms with Crippen molar-refractivity contribution in [1.29, 1.82) is 0 Å². The van der Waals surface area contributed by atoms with E-state index in [-0.39, 0.29) is 32.2 Å². The highest BCUT2D eigenvalue weighted by Crippen LogP contribution is 2.35. The van der Waals surface area contributed by atoms with Gasteiger partial charge in [0.2, 0.25) is 9.84 Å². The van der Waals surface area contributed by atoms with E-state index in [1.165, 1.54) is 22.4 Å². The summed E-state index contributed by atoms with van der Waals surface area (Å²) in [5.74, 6) is -0.0401. The molecule has 0 atom stereocenters. The average Bonchev–Trinajstić information content (AvgIpc) is 3.12. The summed E-state index contributed by atoms with van der Waals surface area (Å²) in [7, 11) is -3.97. The molecule has 0 aliphatic rings. The summed E-state index contributed by atoms with van der Waals surface area (Å²) < 4.78 is 28.6. The highest BCUT2D eigenvalue weighted by Gasteiger charge is 2.30. The van der Waals surface area contributed by atoms with Gasteiger partial charge in [-0.15, -0.1) is 0 Å². The van der Waals surface area contributed by atoms with Crippen LogP contribution in [0.3, 0.4) is 0 Å². The van der Waals surface area contributed by atoms with Gasteiger partial charge >= 0.3 is 0 Å². The lowest BCUT2D eigenvalue weighted by Gasteiger charge is -2.18. The number of benzene rings is 3. The first kappa shape index (κ1) is 22.7. The largest absolute Gasteiger partial charge is 0.382 e. The summed E-state index contributed by atoms with van der Waals surface area (Å²) in [5.41, 5.74) is 10.2. The molecule has 0 bridgehead atoms. The zero-order valence-electron chi connectivity index (χ0n) is 19.7. The van der Waals surface area contributed by atoms with Crippen molar-refractivity contribution < 1.29 is 8.42 Å². The van der Waals surface area contributed by atoms with E-state index in [1.807, 2.05) is 30.3 Å². The molecule has 0 spiro atoms. The Morgan fingerprint density at radius 2 is 1.46 bits per heavy atom. The molecule has 35 heavy (non-hydrogen) atoms. The molecule has 7 nitrogen and oxygen atoms in total. The zero-order valence-corrected chi connectivity index (χ0v) is 20.5. The van der Waals surface area contributed by atoms with Crippen molar-refractivity contribution >= 4 is 44.1 Å². The second-order valence-electron chi connectivity index (χ2n) is 9.34. The molecule has 0 radical (unpaired) electrons. The molecule has 176 valence electrons. The number of sulfone groups is 1. The highest BCUT2D eigenvalue weighted by atomic mass is 32.2. The summed E-state index contributed by atoms with van der Waals surface area (Å²) in [4.78, 5) is 9.32. The highest BCUT2D eigenvalue weighted by molar-refractivity contribution is 7.92. The molecule has 0 unspecified atom stereocenters. The maximum atomic E-state index is 13.6. The van der Waals surface area contributed by atoms with E-state index in [0.29, 0.717) is 11.0 Å². The van der Waals surface area contributed by atoms with E-state index in [4.69, 9.17) is 5.73 Å². The van der Waals surface area contributed by atoms with E-state index < -0.39 is 9.84 Å². The van der Waals surface area contributed by atoms with Crippen molar-refractivity contribution in [3.05, 3.63) is 90.0 Å². The van der Waals surface area contributed by atoms with Gasteiger partial charge in [-0.25, -0.2) is 18.4 Å². The van der Waals surface area contributed by atoms with Gasteiger partial charge in [0.1, 0.15) is 16.2 Å². The van der Waals surface area contributed by atoms with Crippen LogP contribution in [0.5, 0.6) is 0 Å². The van der Waals surface area contributed by atoms with Gasteiger partial charge in [-0.3, -0.25) is 0 Å². The van der Waals surface area contributed by atoms with Gasteiger partial charge in [-0.2, -0.15) is 9.78 Å². The molecule has 0 fully saturated rings. The topological polar surface area (TPSA) is 103 Å². The third-order valence-corrected chi connectivity index (χ3v) is 7.68. The Hall–Kier alpha value is -4.04. The third kappa shape index (κ3) is 4.06. The van der Waals surface area contributed by atoms with Crippen LogP contribution < -0.4 is 5.73 Å². The summed E-state index contributed by atoms with van der Waals surface area (Å²) >= 11 is 0. The fourth-order valence-electron chi connectivity index (χ4n) is 3.92. The van der Waals surface area contributed by atoms with Crippen LogP contribution in [0.4, 0.5) is 5.82 Å². The van der Waals surface area contributed by atoms with Gasteiger partial charge in [0.25, 0.3) is 0 Å². The fraction of sp³-hybridized carbons (Fsp3) is 0.148. The van der Waals surface area contributed by atoms with Crippen LogP contribution in [0, 0.1) is 0 Å². The molecule has 8 heteroatoms. The second kappa shape index (κ2) is 8.32. The summed E-state index contributed by atoms with van der Waals surface area (Å²) in [6.45, 7) is 6.46. The summed E-state index contributed by atoms with van der Waals surface area (Å²) in [5, 5.41) is 4.53. The van der Waals surface area contributed by atoms with E-state index in [2.05, 4.69) is 48.0 Å². The molecule has 2 N–H and O–H groups in total. The number of nitrogens with two attached hydrogens (primary N) is 1. The molecule has 0 amide bonds.